The van der Waals surface area contributed by atoms with E-state index < -0.39 is 0 Å². The average molecular weight is 301 g/mol. The summed E-state index contributed by atoms with van der Waals surface area (Å²) in [4.78, 5) is 4.18. The third-order valence-electron chi connectivity index (χ3n) is 3.59. The predicted molar refractivity (Wildman–Crippen MR) is 84.1 cm³/mol. The molecule has 1 N–H and O–H groups in total. The van der Waals surface area contributed by atoms with Crippen LogP contribution < -0.4 is 5.32 Å². The molecule has 2 aromatic carbocycles. The molecule has 0 bridgehead atoms. The fourth-order valence-corrected chi connectivity index (χ4v) is 2.78. The van der Waals surface area contributed by atoms with E-state index in [-0.39, 0.29) is 11.9 Å². The molecule has 4 heteroatoms. The number of hydrogen-bond acceptors (Lipinski definition) is 2. The summed E-state index contributed by atoms with van der Waals surface area (Å²) in [5, 5.41) is 5.76. The number of fused-ring (bicyclic) bond motifs is 1. The molecule has 0 fully saturated rings. The number of pyridine rings is 1. The number of hydrogen-bond donors (Lipinski definition) is 1. The molecule has 1 heterocycles. The Morgan fingerprint density at radius 2 is 2.00 bits per heavy atom. The van der Waals surface area contributed by atoms with Crippen LogP contribution in [0.2, 0.25) is 5.02 Å². The molecule has 0 saturated carbocycles. The third kappa shape index (κ3) is 2.62. The van der Waals surface area contributed by atoms with Crippen LogP contribution in [0, 0.1) is 5.82 Å². The second kappa shape index (κ2) is 5.80. The predicted octanol–water partition coefficient (Wildman–Crippen LogP) is 4.34. The van der Waals surface area contributed by atoms with Crippen LogP contribution >= 0.6 is 11.6 Å². The molecular formula is C17H14ClFN2. The minimum absolute atomic E-state index is 0.278. The van der Waals surface area contributed by atoms with E-state index in [0.29, 0.717) is 10.6 Å². The van der Waals surface area contributed by atoms with Gasteiger partial charge in [-0.05, 0) is 42.3 Å². The lowest BCUT2D eigenvalue weighted by Gasteiger charge is -2.20. The number of nitrogens with zero attached hydrogens (tertiary/aromatic N) is 1. The first kappa shape index (κ1) is 14.0. The summed E-state index contributed by atoms with van der Waals surface area (Å²) >= 11 is 6.02. The number of benzene rings is 2. The number of rotatable bonds is 3. The summed E-state index contributed by atoms with van der Waals surface area (Å²) in [7, 11) is 1.81. The first-order valence-corrected chi connectivity index (χ1v) is 7.03. The van der Waals surface area contributed by atoms with E-state index in [1.165, 1.54) is 6.07 Å². The summed E-state index contributed by atoms with van der Waals surface area (Å²) < 4.78 is 14.2. The smallest absolute Gasteiger partial charge is 0.128 e. The van der Waals surface area contributed by atoms with Crippen molar-refractivity contribution >= 4 is 22.4 Å². The Morgan fingerprint density at radius 3 is 2.81 bits per heavy atom. The largest absolute Gasteiger partial charge is 0.309 e. The zero-order chi connectivity index (χ0) is 14.8. The number of halogens is 2. The molecule has 3 rings (SSSR count). The van der Waals surface area contributed by atoms with Gasteiger partial charge in [0, 0.05) is 28.4 Å². The molecule has 1 unspecified atom stereocenters. The number of nitrogens with one attached hydrogen (secondary N) is 1. The topological polar surface area (TPSA) is 24.9 Å². The van der Waals surface area contributed by atoms with Gasteiger partial charge in [0.25, 0.3) is 0 Å². The molecule has 0 aliphatic rings. The Bertz CT molecular complexity index is 783. The molecule has 106 valence electrons. The van der Waals surface area contributed by atoms with Crippen molar-refractivity contribution in [2.45, 2.75) is 6.04 Å². The summed E-state index contributed by atoms with van der Waals surface area (Å²) in [5.74, 6) is -0.278. The quantitative estimate of drug-likeness (QED) is 0.778. The molecule has 0 radical (unpaired) electrons. The standard InChI is InChI=1S/C17H14ClFN2/c1-20-17(14-9-12(18)5-6-16(14)19)13-4-2-3-11-7-8-21-10-15(11)13/h2-10,17,20H,1H3. The Morgan fingerprint density at radius 1 is 1.14 bits per heavy atom. The van der Waals surface area contributed by atoms with E-state index in [2.05, 4.69) is 10.3 Å². The normalized spacial score (nSPS) is 12.5. The van der Waals surface area contributed by atoms with Gasteiger partial charge in [-0.25, -0.2) is 4.39 Å². The van der Waals surface area contributed by atoms with Crippen molar-refractivity contribution in [3.8, 4) is 0 Å². The Labute approximate surface area is 127 Å². The summed E-state index contributed by atoms with van der Waals surface area (Å²) in [6.45, 7) is 0. The van der Waals surface area contributed by atoms with Gasteiger partial charge in [0.1, 0.15) is 5.82 Å². The lowest BCUT2D eigenvalue weighted by molar-refractivity contribution is 0.577. The molecule has 21 heavy (non-hydrogen) atoms. The second-order valence-electron chi connectivity index (χ2n) is 4.83. The molecule has 0 aliphatic heterocycles. The maximum absolute atomic E-state index is 14.2. The van der Waals surface area contributed by atoms with Crippen molar-refractivity contribution in [1.29, 1.82) is 0 Å². The summed E-state index contributed by atoms with van der Waals surface area (Å²) in [6, 6.07) is 12.2. The van der Waals surface area contributed by atoms with Gasteiger partial charge in [0.15, 0.2) is 0 Å². The monoisotopic (exact) mass is 300 g/mol. The van der Waals surface area contributed by atoms with Crippen LogP contribution in [0.15, 0.2) is 54.9 Å². The van der Waals surface area contributed by atoms with E-state index in [0.717, 1.165) is 16.3 Å². The van der Waals surface area contributed by atoms with Crippen molar-refractivity contribution in [2.75, 3.05) is 7.05 Å². The second-order valence-corrected chi connectivity index (χ2v) is 5.27. The van der Waals surface area contributed by atoms with E-state index in [4.69, 9.17) is 11.6 Å². The van der Waals surface area contributed by atoms with E-state index in [9.17, 15) is 4.39 Å². The van der Waals surface area contributed by atoms with Crippen LogP contribution in [-0.4, -0.2) is 12.0 Å². The van der Waals surface area contributed by atoms with Gasteiger partial charge in [-0.3, -0.25) is 4.98 Å². The number of aromatic nitrogens is 1. The van der Waals surface area contributed by atoms with Crippen molar-refractivity contribution in [3.63, 3.8) is 0 Å². The van der Waals surface area contributed by atoms with E-state index in [1.807, 2.05) is 24.3 Å². The maximum atomic E-state index is 14.2. The first-order chi connectivity index (χ1) is 10.2. The first-order valence-electron chi connectivity index (χ1n) is 6.65. The zero-order valence-electron chi connectivity index (χ0n) is 11.5. The molecule has 0 amide bonds. The Hall–Kier alpha value is -1.97. The molecule has 0 saturated heterocycles. The molecule has 3 aromatic rings. The minimum atomic E-state index is -0.281. The Balaban J connectivity index is 2.21. The SMILES string of the molecule is CNC(c1cc(Cl)ccc1F)c1cccc2ccncc12. The van der Waals surface area contributed by atoms with Crippen LogP contribution in [0.25, 0.3) is 10.8 Å². The molecule has 0 spiro atoms. The van der Waals surface area contributed by atoms with Gasteiger partial charge in [-0.2, -0.15) is 0 Å². The molecular weight excluding hydrogens is 287 g/mol. The minimum Gasteiger partial charge on any atom is -0.309 e. The third-order valence-corrected chi connectivity index (χ3v) is 3.82. The average Bonchev–Trinajstić information content (AvgIpc) is 2.51. The Kier molecular flexibility index (Phi) is 3.86. The fraction of sp³-hybridized carbons (Fsp3) is 0.118. The zero-order valence-corrected chi connectivity index (χ0v) is 12.2. The summed E-state index contributed by atoms with van der Waals surface area (Å²) in [5.41, 5.74) is 1.51. The van der Waals surface area contributed by atoms with Crippen LogP contribution in [0.5, 0.6) is 0 Å². The lowest BCUT2D eigenvalue weighted by Crippen LogP contribution is -2.19. The molecule has 2 nitrogen and oxygen atoms in total. The fourth-order valence-electron chi connectivity index (χ4n) is 2.60. The van der Waals surface area contributed by atoms with Gasteiger partial charge in [0.2, 0.25) is 0 Å². The van der Waals surface area contributed by atoms with Gasteiger partial charge in [-0.1, -0.05) is 29.8 Å². The highest BCUT2D eigenvalue weighted by atomic mass is 35.5. The van der Waals surface area contributed by atoms with Crippen molar-refractivity contribution in [3.05, 3.63) is 76.8 Å². The van der Waals surface area contributed by atoms with Gasteiger partial charge >= 0.3 is 0 Å². The van der Waals surface area contributed by atoms with Crippen LogP contribution in [0.1, 0.15) is 17.2 Å². The molecule has 1 aromatic heterocycles. The highest BCUT2D eigenvalue weighted by molar-refractivity contribution is 6.30. The molecule has 1 atom stereocenters. The summed E-state index contributed by atoms with van der Waals surface area (Å²) in [6.07, 6.45) is 3.55. The van der Waals surface area contributed by atoms with Gasteiger partial charge < -0.3 is 5.32 Å². The maximum Gasteiger partial charge on any atom is 0.128 e. The van der Waals surface area contributed by atoms with Crippen LogP contribution in [-0.2, 0) is 0 Å². The van der Waals surface area contributed by atoms with Crippen LogP contribution in [0.3, 0.4) is 0 Å². The van der Waals surface area contributed by atoms with Gasteiger partial charge in [0.05, 0.1) is 6.04 Å². The molecule has 0 aliphatic carbocycles. The van der Waals surface area contributed by atoms with E-state index >= 15 is 0 Å². The van der Waals surface area contributed by atoms with Crippen LogP contribution in [0.4, 0.5) is 4.39 Å². The van der Waals surface area contributed by atoms with Crippen molar-refractivity contribution in [2.24, 2.45) is 0 Å². The van der Waals surface area contributed by atoms with Crippen molar-refractivity contribution in [1.82, 2.24) is 10.3 Å². The lowest BCUT2D eigenvalue weighted by atomic mass is 9.94. The van der Waals surface area contributed by atoms with Crippen molar-refractivity contribution < 1.29 is 4.39 Å². The highest BCUT2D eigenvalue weighted by Crippen LogP contribution is 2.31. The van der Waals surface area contributed by atoms with E-state index in [1.54, 1.807) is 31.6 Å². The van der Waals surface area contributed by atoms with Gasteiger partial charge in [-0.15, -0.1) is 0 Å². The highest BCUT2D eigenvalue weighted by Gasteiger charge is 2.18.